The van der Waals surface area contributed by atoms with Crippen molar-refractivity contribution < 1.29 is 19.4 Å². The summed E-state index contributed by atoms with van der Waals surface area (Å²) in [5.74, 6) is 0.624. The molecule has 4 heteroatoms. The van der Waals surface area contributed by atoms with Crippen molar-refractivity contribution in [2.75, 3.05) is 14.2 Å². The van der Waals surface area contributed by atoms with Gasteiger partial charge in [-0.1, -0.05) is 26.8 Å². The van der Waals surface area contributed by atoms with Gasteiger partial charge in [0, 0.05) is 6.42 Å². The number of benzene rings is 1. The van der Waals surface area contributed by atoms with Gasteiger partial charge in [-0.15, -0.1) is 0 Å². The fourth-order valence-electron chi connectivity index (χ4n) is 2.09. The van der Waals surface area contributed by atoms with Gasteiger partial charge in [0.2, 0.25) is 0 Å². The zero-order chi connectivity index (χ0) is 15.3. The maximum atomic E-state index is 10.6. The van der Waals surface area contributed by atoms with Crippen molar-refractivity contribution in [3.8, 4) is 11.5 Å². The van der Waals surface area contributed by atoms with Gasteiger partial charge in [0.1, 0.15) is 0 Å². The van der Waals surface area contributed by atoms with E-state index in [1.807, 2.05) is 6.07 Å². The van der Waals surface area contributed by atoms with E-state index >= 15 is 0 Å². The molecule has 0 radical (unpaired) electrons. The standard InChI is InChI=1S/C16H24O4/c1-16(2,3)12-9-11(7-6-8-14(17)18)15(20-5)13(10-12)19-4/h9-10H,6-8H2,1-5H3,(H,17,18). The molecule has 0 atom stereocenters. The van der Waals surface area contributed by atoms with Gasteiger partial charge in [-0.3, -0.25) is 4.79 Å². The van der Waals surface area contributed by atoms with Crippen LogP contribution < -0.4 is 9.47 Å². The fourth-order valence-corrected chi connectivity index (χ4v) is 2.09. The molecule has 1 aromatic carbocycles. The lowest BCUT2D eigenvalue weighted by Gasteiger charge is -2.23. The monoisotopic (exact) mass is 280 g/mol. The predicted octanol–water partition coefficient (Wildman–Crippen LogP) is 3.41. The molecular formula is C16H24O4. The van der Waals surface area contributed by atoms with E-state index in [4.69, 9.17) is 14.6 Å². The van der Waals surface area contributed by atoms with Gasteiger partial charge in [-0.2, -0.15) is 0 Å². The molecule has 0 aliphatic rings. The minimum absolute atomic E-state index is 0.00109. The van der Waals surface area contributed by atoms with Crippen LogP contribution in [0.15, 0.2) is 12.1 Å². The smallest absolute Gasteiger partial charge is 0.303 e. The van der Waals surface area contributed by atoms with Crippen molar-refractivity contribution in [1.29, 1.82) is 0 Å². The third-order valence-electron chi connectivity index (χ3n) is 3.26. The summed E-state index contributed by atoms with van der Waals surface area (Å²) < 4.78 is 10.8. The molecule has 0 spiro atoms. The molecule has 1 N–H and O–H groups in total. The quantitative estimate of drug-likeness (QED) is 0.867. The molecule has 112 valence electrons. The molecular weight excluding hydrogens is 256 g/mol. The summed E-state index contributed by atoms with van der Waals surface area (Å²) >= 11 is 0. The molecule has 0 unspecified atom stereocenters. The molecule has 0 aromatic heterocycles. The number of carboxylic acids is 1. The highest BCUT2D eigenvalue weighted by Crippen LogP contribution is 2.37. The van der Waals surface area contributed by atoms with Crippen molar-refractivity contribution in [3.63, 3.8) is 0 Å². The number of aliphatic carboxylic acids is 1. The second-order valence-electron chi connectivity index (χ2n) is 5.87. The predicted molar refractivity (Wildman–Crippen MR) is 78.8 cm³/mol. The molecule has 0 bridgehead atoms. The normalized spacial score (nSPS) is 11.2. The largest absolute Gasteiger partial charge is 0.493 e. The molecule has 0 saturated heterocycles. The van der Waals surface area contributed by atoms with Crippen LogP contribution in [0.2, 0.25) is 0 Å². The lowest BCUT2D eigenvalue weighted by Crippen LogP contribution is -2.12. The number of carboxylic acid groups (broad SMARTS) is 1. The summed E-state index contributed by atoms with van der Waals surface area (Å²) in [6.45, 7) is 6.40. The van der Waals surface area contributed by atoms with Crippen LogP contribution in [0.1, 0.15) is 44.7 Å². The van der Waals surface area contributed by atoms with Crippen LogP contribution in [0.25, 0.3) is 0 Å². The maximum Gasteiger partial charge on any atom is 0.303 e. The van der Waals surface area contributed by atoms with Crippen molar-refractivity contribution in [1.82, 2.24) is 0 Å². The molecule has 20 heavy (non-hydrogen) atoms. The minimum atomic E-state index is -0.775. The van der Waals surface area contributed by atoms with Crippen LogP contribution in [-0.2, 0) is 16.6 Å². The third kappa shape index (κ3) is 4.15. The minimum Gasteiger partial charge on any atom is -0.493 e. The molecule has 0 heterocycles. The Labute approximate surface area is 120 Å². The molecule has 0 saturated carbocycles. The van der Waals surface area contributed by atoms with E-state index < -0.39 is 5.97 Å². The Bertz CT molecular complexity index is 472. The molecule has 1 rings (SSSR count). The average Bonchev–Trinajstić information content (AvgIpc) is 2.36. The Balaban J connectivity index is 3.14. The Morgan fingerprint density at radius 3 is 2.30 bits per heavy atom. The molecule has 4 nitrogen and oxygen atoms in total. The van der Waals surface area contributed by atoms with Gasteiger partial charge in [0.25, 0.3) is 0 Å². The van der Waals surface area contributed by atoms with E-state index in [0.29, 0.717) is 24.3 Å². The lowest BCUT2D eigenvalue weighted by molar-refractivity contribution is -0.137. The van der Waals surface area contributed by atoms with Gasteiger partial charge < -0.3 is 14.6 Å². The number of rotatable bonds is 6. The molecule has 1 aromatic rings. The lowest BCUT2D eigenvalue weighted by atomic mass is 9.85. The van der Waals surface area contributed by atoms with Crippen molar-refractivity contribution >= 4 is 5.97 Å². The number of hydrogen-bond donors (Lipinski definition) is 1. The van der Waals surface area contributed by atoms with E-state index in [1.54, 1.807) is 14.2 Å². The highest BCUT2D eigenvalue weighted by Gasteiger charge is 2.19. The van der Waals surface area contributed by atoms with Gasteiger partial charge in [0.15, 0.2) is 11.5 Å². The zero-order valence-corrected chi connectivity index (χ0v) is 12.9. The van der Waals surface area contributed by atoms with Crippen LogP contribution in [-0.4, -0.2) is 25.3 Å². The van der Waals surface area contributed by atoms with Gasteiger partial charge in [-0.05, 0) is 35.4 Å². The molecule has 0 aliphatic carbocycles. The summed E-state index contributed by atoms with van der Waals surface area (Å²) in [7, 11) is 3.22. The van der Waals surface area contributed by atoms with E-state index in [9.17, 15) is 4.79 Å². The molecule has 0 fully saturated rings. The van der Waals surface area contributed by atoms with Gasteiger partial charge >= 0.3 is 5.97 Å². The number of aryl methyl sites for hydroxylation is 1. The van der Waals surface area contributed by atoms with Crippen LogP contribution in [0.4, 0.5) is 0 Å². The molecule has 0 amide bonds. The van der Waals surface area contributed by atoms with Gasteiger partial charge in [-0.25, -0.2) is 0 Å². The highest BCUT2D eigenvalue weighted by molar-refractivity contribution is 5.66. The first-order valence-electron chi connectivity index (χ1n) is 6.76. The summed E-state index contributed by atoms with van der Waals surface area (Å²) in [5, 5.41) is 8.75. The number of carbonyl (C=O) groups is 1. The van der Waals surface area contributed by atoms with Crippen LogP contribution in [0.5, 0.6) is 11.5 Å². The summed E-state index contributed by atoms with van der Waals surface area (Å²) in [6, 6.07) is 4.07. The summed E-state index contributed by atoms with van der Waals surface area (Å²) in [4.78, 5) is 10.6. The topological polar surface area (TPSA) is 55.8 Å². The maximum absolute atomic E-state index is 10.6. The van der Waals surface area contributed by atoms with E-state index in [0.717, 1.165) is 11.1 Å². The Hall–Kier alpha value is -1.71. The number of hydrogen-bond acceptors (Lipinski definition) is 3. The van der Waals surface area contributed by atoms with Crippen LogP contribution in [0, 0.1) is 0 Å². The molecule has 0 aliphatic heterocycles. The van der Waals surface area contributed by atoms with E-state index in [-0.39, 0.29) is 11.8 Å². The van der Waals surface area contributed by atoms with E-state index in [2.05, 4.69) is 26.8 Å². The van der Waals surface area contributed by atoms with Crippen molar-refractivity contribution in [3.05, 3.63) is 23.3 Å². The number of methoxy groups -OCH3 is 2. The average molecular weight is 280 g/mol. The highest BCUT2D eigenvalue weighted by atomic mass is 16.5. The fraction of sp³-hybridized carbons (Fsp3) is 0.562. The van der Waals surface area contributed by atoms with E-state index in [1.165, 1.54) is 0 Å². The first kappa shape index (κ1) is 16.3. The van der Waals surface area contributed by atoms with Gasteiger partial charge in [0.05, 0.1) is 14.2 Å². The SMILES string of the molecule is COc1cc(C(C)(C)C)cc(CCCC(=O)O)c1OC. The second-order valence-corrected chi connectivity index (χ2v) is 5.87. The van der Waals surface area contributed by atoms with Crippen molar-refractivity contribution in [2.45, 2.75) is 45.4 Å². The first-order chi connectivity index (χ1) is 9.29. The number of ether oxygens (including phenoxy) is 2. The zero-order valence-electron chi connectivity index (χ0n) is 12.9. The summed E-state index contributed by atoms with van der Waals surface area (Å²) in [5.41, 5.74) is 2.15. The Morgan fingerprint density at radius 1 is 1.20 bits per heavy atom. The second kappa shape index (κ2) is 6.64. The summed E-state index contributed by atoms with van der Waals surface area (Å²) in [6.07, 6.45) is 1.41. The van der Waals surface area contributed by atoms with Crippen LogP contribution in [0.3, 0.4) is 0 Å². The first-order valence-corrected chi connectivity index (χ1v) is 6.76. The third-order valence-corrected chi connectivity index (χ3v) is 3.26. The van der Waals surface area contributed by atoms with Crippen molar-refractivity contribution in [2.24, 2.45) is 0 Å². The Morgan fingerprint density at radius 2 is 1.85 bits per heavy atom. The van der Waals surface area contributed by atoms with Crippen LogP contribution >= 0.6 is 0 Å². The Kier molecular flexibility index (Phi) is 5.43.